The Morgan fingerprint density at radius 3 is 2.62 bits per heavy atom. The molecule has 92 valence electrons. The Morgan fingerprint density at radius 2 is 2.19 bits per heavy atom. The zero-order chi connectivity index (χ0) is 12.2. The molecule has 1 rings (SSSR count). The van der Waals surface area contributed by atoms with Gasteiger partial charge >= 0.3 is 0 Å². The number of halogens is 1. The van der Waals surface area contributed by atoms with Gasteiger partial charge < -0.3 is 10.0 Å². The number of nitrogens with zero attached hydrogens (tertiary/aromatic N) is 1. The second-order valence-corrected chi connectivity index (χ2v) is 6.50. The molecule has 0 aromatic carbocycles. The fraction of sp³-hybridized carbons (Fsp3) is 0.667. The first-order chi connectivity index (χ1) is 7.49. The molecular weight excluding hydrogens is 242 g/mol. The summed E-state index contributed by atoms with van der Waals surface area (Å²) in [5.41, 5.74) is -0.00416. The van der Waals surface area contributed by atoms with Crippen LogP contribution in [0, 0.1) is 5.41 Å². The van der Waals surface area contributed by atoms with Crippen LogP contribution in [-0.2, 0) is 6.54 Å². The fourth-order valence-electron chi connectivity index (χ4n) is 1.68. The van der Waals surface area contributed by atoms with Crippen molar-refractivity contribution in [2.75, 3.05) is 20.2 Å². The second kappa shape index (κ2) is 6.01. The van der Waals surface area contributed by atoms with E-state index in [0.717, 1.165) is 23.8 Å². The lowest BCUT2D eigenvalue weighted by molar-refractivity contribution is 0.0933. The topological polar surface area (TPSA) is 23.5 Å². The predicted molar refractivity (Wildman–Crippen MR) is 71.1 cm³/mol. The normalized spacial score (nSPS) is 15.4. The van der Waals surface area contributed by atoms with E-state index in [4.69, 9.17) is 11.6 Å². The minimum absolute atomic E-state index is 0.00416. The van der Waals surface area contributed by atoms with Crippen LogP contribution in [0.15, 0.2) is 12.1 Å². The molecule has 1 N–H and O–H groups in total. The molecule has 0 amide bonds. The van der Waals surface area contributed by atoms with E-state index >= 15 is 0 Å². The van der Waals surface area contributed by atoms with Crippen LogP contribution < -0.4 is 0 Å². The molecule has 1 heterocycles. The molecule has 1 atom stereocenters. The molecule has 0 saturated heterocycles. The average Bonchev–Trinajstić information content (AvgIpc) is 2.63. The Morgan fingerprint density at radius 1 is 1.50 bits per heavy atom. The maximum atomic E-state index is 9.36. The summed E-state index contributed by atoms with van der Waals surface area (Å²) in [6.07, 6.45) is 0.985. The van der Waals surface area contributed by atoms with E-state index in [9.17, 15) is 5.11 Å². The van der Waals surface area contributed by atoms with Crippen molar-refractivity contribution < 1.29 is 5.11 Å². The number of aliphatic hydroxyl groups is 1. The van der Waals surface area contributed by atoms with Gasteiger partial charge in [0.1, 0.15) is 0 Å². The van der Waals surface area contributed by atoms with Gasteiger partial charge in [-0.25, -0.2) is 0 Å². The van der Waals surface area contributed by atoms with Gasteiger partial charge in [0, 0.05) is 30.0 Å². The fourth-order valence-corrected chi connectivity index (χ4v) is 2.85. The maximum Gasteiger partial charge on any atom is 0.0931 e. The zero-order valence-electron chi connectivity index (χ0n) is 10.2. The SMILES string of the molecule is CCC(C)(CO)CN(C)Cc1ccc(Cl)s1. The largest absolute Gasteiger partial charge is 0.396 e. The first kappa shape index (κ1) is 14.0. The minimum Gasteiger partial charge on any atom is -0.396 e. The van der Waals surface area contributed by atoms with Gasteiger partial charge in [-0.2, -0.15) is 0 Å². The van der Waals surface area contributed by atoms with E-state index in [1.165, 1.54) is 4.88 Å². The Bertz CT molecular complexity index is 323. The van der Waals surface area contributed by atoms with Crippen molar-refractivity contribution >= 4 is 22.9 Å². The molecule has 0 bridgehead atoms. The lowest BCUT2D eigenvalue weighted by Crippen LogP contribution is -2.35. The lowest BCUT2D eigenvalue weighted by Gasteiger charge is -2.30. The summed E-state index contributed by atoms with van der Waals surface area (Å²) in [6, 6.07) is 3.99. The van der Waals surface area contributed by atoms with Crippen molar-refractivity contribution in [3.05, 3.63) is 21.3 Å². The van der Waals surface area contributed by atoms with Crippen LogP contribution >= 0.6 is 22.9 Å². The highest BCUT2D eigenvalue weighted by Crippen LogP contribution is 2.25. The molecular formula is C12H20ClNOS. The summed E-state index contributed by atoms with van der Waals surface area (Å²) in [7, 11) is 2.08. The van der Waals surface area contributed by atoms with E-state index in [-0.39, 0.29) is 12.0 Å². The Hall–Kier alpha value is -0.0900. The van der Waals surface area contributed by atoms with Crippen LogP contribution in [0.5, 0.6) is 0 Å². The van der Waals surface area contributed by atoms with Gasteiger partial charge in [-0.1, -0.05) is 25.4 Å². The third kappa shape index (κ3) is 4.06. The summed E-state index contributed by atoms with van der Waals surface area (Å²) in [6.45, 7) is 6.26. The van der Waals surface area contributed by atoms with Crippen molar-refractivity contribution in [3.8, 4) is 0 Å². The quantitative estimate of drug-likeness (QED) is 0.850. The van der Waals surface area contributed by atoms with Crippen molar-refractivity contribution in [1.82, 2.24) is 4.90 Å². The highest BCUT2D eigenvalue weighted by atomic mass is 35.5. The number of hydrogen-bond donors (Lipinski definition) is 1. The molecule has 0 saturated carbocycles. The van der Waals surface area contributed by atoms with Crippen LogP contribution in [0.2, 0.25) is 4.34 Å². The van der Waals surface area contributed by atoms with Gasteiger partial charge in [-0.05, 0) is 25.6 Å². The van der Waals surface area contributed by atoms with Gasteiger partial charge in [0.05, 0.1) is 4.34 Å². The van der Waals surface area contributed by atoms with Crippen molar-refractivity contribution in [2.24, 2.45) is 5.41 Å². The van der Waals surface area contributed by atoms with Crippen LogP contribution in [-0.4, -0.2) is 30.2 Å². The zero-order valence-corrected chi connectivity index (χ0v) is 11.7. The molecule has 0 spiro atoms. The van der Waals surface area contributed by atoms with Crippen molar-refractivity contribution in [2.45, 2.75) is 26.8 Å². The summed E-state index contributed by atoms with van der Waals surface area (Å²) in [5.74, 6) is 0. The van der Waals surface area contributed by atoms with Crippen molar-refractivity contribution in [3.63, 3.8) is 0 Å². The van der Waals surface area contributed by atoms with Gasteiger partial charge in [-0.3, -0.25) is 0 Å². The first-order valence-electron chi connectivity index (χ1n) is 5.53. The number of thiophene rings is 1. The molecule has 1 aromatic rings. The number of aliphatic hydroxyl groups excluding tert-OH is 1. The smallest absolute Gasteiger partial charge is 0.0931 e. The molecule has 1 unspecified atom stereocenters. The standard InChI is InChI=1S/C12H20ClNOS/c1-4-12(2,9-15)8-14(3)7-10-5-6-11(13)16-10/h5-6,15H,4,7-9H2,1-3H3. The average molecular weight is 262 g/mol. The lowest BCUT2D eigenvalue weighted by atomic mass is 9.88. The van der Waals surface area contributed by atoms with Crippen LogP contribution in [0.1, 0.15) is 25.1 Å². The Balaban J connectivity index is 2.50. The molecule has 0 aliphatic carbocycles. The monoisotopic (exact) mass is 261 g/mol. The van der Waals surface area contributed by atoms with E-state index < -0.39 is 0 Å². The molecule has 0 radical (unpaired) electrons. The maximum absolute atomic E-state index is 9.36. The molecule has 1 aromatic heterocycles. The van der Waals surface area contributed by atoms with Gasteiger partial charge in [0.2, 0.25) is 0 Å². The van der Waals surface area contributed by atoms with E-state index in [2.05, 4.69) is 31.9 Å². The summed E-state index contributed by atoms with van der Waals surface area (Å²) in [4.78, 5) is 3.51. The molecule has 0 fully saturated rings. The van der Waals surface area contributed by atoms with E-state index in [1.54, 1.807) is 11.3 Å². The van der Waals surface area contributed by atoms with Gasteiger partial charge in [0.25, 0.3) is 0 Å². The first-order valence-corrected chi connectivity index (χ1v) is 6.72. The molecule has 4 heteroatoms. The predicted octanol–water partition coefficient (Wildman–Crippen LogP) is 3.24. The van der Waals surface area contributed by atoms with E-state index in [1.807, 2.05) is 6.07 Å². The highest BCUT2D eigenvalue weighted by molar-refractivity contribution is 7.16. The Kier molecular flexibility index (Phi) is 5.25. The van der Waals surface area contributed by atoms with Gasteiger partial charge in [-0.15, -0.1) is 11.3 Å². The van der Waals surface area contributed by atoms with Crippen molar-refractivity contribution in [1.29, 1.82) is 0 Å². The van der Waals surface area contributed by atoms with Gasteiger partial charge in [0.15, 0.2) is 0 Å². The van der Waals surface area contributed by atoms with E-state index in [0.29, 0.717) is 0 Å². The molecule has 0 aliphatic heterocycles. The molecule has 0 aliphatic rings. The van der Waals surface area contributed by atoms with Crippen LogP contribution in [0.3, 0.4) is 0 Å². The van der Waals surface area contributed by atoms with Crippen LogP contribution in [0.4, 0.5) is 0 Å². The summed E-state index contributed by atoms with van der Waals surface area (Å²) < 4.78 is 0.837. The summed E-state index contributed by atoms with van der Waals surface area (Å²) >= 11 is 7.51. The molecule has 16 heavy (non-hydrogen) atoms. The number of rotatable bonds is 6. The molecule has 2 nitrogen and oxygen atoms in total. The third-order valence-corrected chi connectivity index (χ3v) is 4.16. The van der Waals surface area contributed by atoms with Crippen LogP contribution in [0.25, 0.3) is 0 Å². The second-order valence-electron chi connectivity index (χ2n) is 4.70. The highest BCUT2D eigenvalue weighted by Gasteiger charge is 2.23. The third-order valence-electron chi connectivity index (χ3n) is 2.94. The minimum atomic E-state index is -0.00416. The number of hydrogen-bond acceptors (Lipinski definition) is 3. The summed E-state index contributed by atoms with van der Waals surface area (Å²) in [5, 5.41) is 9.36. The Labute approximate surface area is 107 Å².